The third-order valence-corrected chi connectivity index (χ3v) is 9.16. The van der Waals surface area contributed by atoms with E-state index >= 15 is 4.39 Å². The molecule has 8 nitrogen and oxygen atoms in total. The van der Waals surface area contributed by atoms with E-state index in [4.69, 9.17) is 4.74 Å². The van der Waals surface area contributed by atoms with E-state index in [0.29, 0.717) is 40.5 Å². The topological polar surface area (TPSA) is 103 Å². The number of rotatable bonds is 7. The molecule has 0 saturated heterocycles. The van der Waals surface area contributed by atoms with Crippen molar-refractivity contribution in [2.45, 2.75) is 37.0 Å². The highest BCUT2D eigenvalue weighted by atomic mass is 32.2. The van der Waals surface area contributed by atoms with E-state index in [1.165, 1.54) is 79.7 Å². The lowest BCUT2D eigenvalue weighted by atomic mass is 9.84. The van der Waals surface area contributed by atoms with E-state index in [2.05, 4.69) is 14.4 Å². The van der Waals surface area contributed by atoms with Crippen molar-refractivity contribution >= 4 is 26.7 Å². The highest BCUT2D eigenvalue weighted by Crippen LogP contribution is 2.49. The molecular weight excluding hydrogens is 497 g/mol. The number of ether oxygens (including phenoxy) is 1. The van der Waals surface area contributed by atoms with Crippen LogP contribution in [-0.4, -0.2) is 25.3 Å². The van der Waals surface area contributed by atoms with Gasteiger partial charge >= 0.3 is 0 Å². The van der Waals surface area contributed by atoms with E-state index in [9.17, 15) is 13.2 Å². The Morgan fingerprint density at radius 1 is 1.14 bits per heavy atom. The molecule has 3 atom stereocenters. The van der Waals surface area contributed by atoms with Gasteiger partial charge in [0, 0.05) is 23.6 Å². The molecular formula is C27H26FN3O5S. The van der Waals surface area contributed by atoms with Gasteiger partial charge in [0.05, 0.1) is 23.2 Å². The molecule has 0 amide bonds. The van der Waals surface area contributed by atoms with E-state index in [0.717, 1.165) is 12.3 Å². The molecule has 0 unspecified atom stereocenters. The van der Waals surface area contributed by atoms with Crippen molar-refractivity contribution in [3.05, 3.63) is 76.5 Å². The first-order valence-corrected chi connectivity index (χ1v) is 13.8. The molecule has 4 aromatic rings. The number of nitrogens with one attached hydrogen (secondary N) is 1. The fourth-order valence-electron chi connectivity index (χ4n) is 6.09. The van der Waals surface area contributed by atoms with Gasteiger partial charge in [0.2, 0.25) is 0 Å². The maximum Gasteiger partial charge on any atom is 0.263 e. The summed E-state index contributed by atoms with van der Waals surface area (Å²) in [5.74, 6) is 1.98. The number of anilines is 1. The summed E-state index contributed by atoms with van der Waals surface area (Å²) >= 11 is 0. The quantitative estimate of drug-likeness (QED) is 0.369. The van der Waals surface area contributed by atoms with Crippen molar-refractivity contribution in [3.63, 3.8) is 0 Å². The second-order valence-electron chi connectivity index (χ2n) is 9.97. The Balaban J connectivity index is 1.39. The Kier molecular flexibility index (Phi) is 5.78. The van der Waals surface area contributed by atoms with Crippen LogP contribution in [0.2, 0.25) is 0 Å². The second kappa shape index (κ2) is 9.02. The molecule has 10 heteroatoms. The highest BCUT2D eigenvalue weighted by molar-refractivity contribution is 7.92. The maximum absolute atomic E-state index is 15.4. The van der Waals surface area contributed by atoms with Gasteiger partial charge in [0.1, 0.15) is 17.8 Å². The van der Waals surface area contributed by atoms with Crippen LogP contribution in [0.25, 0.3) is 16.6 Å². The summed E-state index contributed by atoms with van der Waals surface area (Å²) in [4.78, 5) is 13.0. The monoisotopic (exact) mass is 523 g/mol. The summed E-state index contributed by atoms with van der Waals surface area (Å²) in [5.41, 5.74) is 0.899. The van der Waals surface area contributed by atoms with Crippen LogP contribution in [0.3, 0.4) is 0 Å². The molecule has 2 aliphatic carbocycles. The third kappa shape index (κ3) is 4.29. The van der Waals surface area contributed by atoms with Crippen LogP contribution in [0.4, 0.5) is 10.2 Å². The molecule has 6 rings (SSSR count). The molecule has 1 N–H and O–H groups in total. The van der Waals surface area contributed by atoms with Crippen molar-refractivity contribution in [1.29, 1.82) is 0 Å². The number of sulfonamides is 1. The SMILES string of the molecule is COc1cc(C[C@H]2C[C@@H]3CC[C@@H]2C3)c(F)cc1-n1c(=O)ccc2cc(S(=O)(=O)Nc3ccon3)ccc21. The predicted octanol–water partition coefficient (Wildman–Crippen LogP) is 4.91. The maximum atomic E-state index is 15.4. The first-order valence-electron chi connectivity index (χ1n) is 12.3. The Morgan fingerprint density at radius 2 is 2.00 bits per heavy atom. The zero-order valence-corrected chi connectivity index (χ0v) is 21.0. The van der Waals surface area contributed by atoms with Crippen LogP contribution in [-0.2, 0) is 16.4 Å². The van der Waals surface area contributed by atoms with Crippen molar-refractivity contribution in [1.82, 2.24) is 9.72 Å². The lowest BCUT2D eigenvalue weighted by Gasteiger charge is -2.23. The van der Waals surface area contributed by atoms with E-state index in [-0.39, 0.29) is 27.8 Å². The van der Waals surface area contributed by atoms with Gasteiger partial charge in [-0.1, -0.05) is 11.6 Å². The summed E-state index contributed by atoms with van der Waals surface area (Å²) in [5, 5.41) is 4.05. The zero-order chi connectivity index (χ0) is 25.7. The first kappa shape index (κ1) is 23.7. The Labute approximate surface area is 213 Å². The van der Waals surface area contributed by atoms with Crippen LogP contribution in [0.1, 0.15) is 31.2 Å². The molecule has 0 aliphatic heterocycles. The summed E-state index contributed by atoms with van der Waals surface area (Å²) in [6.07, 6.45) is 6.82. The molecule has 2 aliphatic rings. The fraction of sp³-hybridized carbons (Fsp3) is 0.333. The number of fused-ring (bicyclic) bond motifs is 3. The minimum atomic E-state index is -3.95. The largest absolute Gasteiger partial charge is 0.495 e. The molecule has 37 heavy (non-hydrogen) atoms. The molecule has 0 spiro atoms. The van der Waals surface area contributed by atoms with Gasteiger partial charge in [-0.2, -0.15) is 0 Å². The van der Waals surface area contributed by atoms with Crippen LogP contribution in [0, 0.1) is 23.6 Å². The Bertz CT molecular complexity index is 1650. The summed E-state index contributed by atoms with van der Waals surface area (Å²) in [6, 6.07) is 11.6. The smallest absolute Gasteiger partial charge is 0.263 e. The van der Waals surface area contributed by atoms with Gasteiger partial charge in [0.25, 0.3) is 15.6 Å². The average molecular weight is 524 g/mol. The molecule has 0 radical (unpaired) electrons. The summed E-state index contributed by atoms with van der Waals surface area (Å²) < 4.78 is 55.0. The average Bonchev–Trinajstić information content (AvgIpc) is 3.64. The molecule has 2 heterocycles. The van der Waals surface area contributed by atoms with Gasteiger partial charge in [-0.15, -0.1) is 0 Å². The standard InChI is InChI=1S/C27H26FN3O5S/c1-35-25-14-20(12-19-11-16-2-3-17(19)10-16)22(28)15-24(25)31-23-6-5-21(13-18(23)4-7-27(31)32)37(33,34)30-26-8-9-36-29-26/h4-9,13-17,19H,2-3,10-12H2,1H3,(H,29,30)/t16-,17-,19-/m1/s1. The first-order chi connectivity index (χ1) is 17.8. The third-order valence-electron chi connectivity index (χ3n) is 7.81. The summed E-state index contributed by atoms with van der Waals surface area (Å²) in [7, 11) is -2.45. The lowest BCUT2D eigenvalue weighted by molar-refractivity contribution is 0.327. The fourth-order valence-corrected chi connectivity index (χ4v) is 7.12. The lowest BCUT2D eigenvalue weighted by Crippen LogP contribution is -2.19. The van der Waals surface area contributed by atoms with Gasteiger partial charge in [-0.25, -0.2) is 12.8 Å². The number of nitrogens with zero attached hydrogens (tertiary/aromatic N) is 2. The number of aromatic nitrogens is 2. The van der Waals surface area contributed by atoms with Gasteiger partial charge < -0.3 is 9.26 Å². The minimum Gasteiger partial charge on any atom is -0.495 e. The van der Waals surface area contributed by atoms with E-state index < -0.39 is 10.0 Å². The predicted molar refractivity (Wildman–Crippen MR) is 136 cm³/mol. The normalized spacial score (nSPS) is 21.0. The van der Waals surface area contributed by atoms with E-state index in [1.54, 1.807) is 6.07 Å². The number of hydrogen-bond acceptors (Lipinski definition) is 6. The van der Waals surface area contributed by atoms with Gasteiger partial charge in [-0.3, -0.25) is 14.1 Å². The molecule has 2 aromatic carbocycles. The minimum absolute atomic E-state index is 0.0208. The zero-order valence-electron chi connectivity index (χ0n) is 20.2. The van der Waals surface area contributed by atoms with Gasteiger partial charge in [-0.05, 0) is 79.3 Å². The second-order valence-corrected chi connectivity index (χ2v) is 11.7. The van der Waals surface area contributed by atoms with Crippen LogP contribution >= 0.6 is 0 Å². The Morgan fingerprint density at radius 3 is 2.70 bits per heavy atom. The van der Waals surface area contributed by atoms with Crippen molar-refractivity contribution in [2.24, 2.45) is 17.8 Å². The van der Waals surface area contributed by atoms with Crippen molar-refractivity contribution < 1.29 is 22.1 Å². The molecule has 2 bridgehead atoms. The molecule has 2 saturated carbocycles. The van der Waals surface area contributed by atoms with Crippen LogP contribution in [0.15, 0.2) is 69.0 Å². The van der Waals surface area contributed by atoms with Crippen molar-refractivity contribution in [3.8, 4) is 11.4 Å². The highest BCUT2D eigenvalue weighted by Gasteiger charge is 2.39. The Hall–Kier alpha value is -3.66. The van der Waals surface area contributed by atoms with Crippen molar-refractivity contribution in [2.75, 3.05) is 11.8 Å². The molecule has 192 valence electrons. The number of pyridine rings is 1. The molecule has 2 aromatic heterocycles. The van der Waals surface area contributed by atoms with Crippen LogP contribution < -0.4 is 15.0 Å². The molecule has 2 fully saturated rings. The van der Waals surface area contributed by atoms with E-state index in [1.807, 2.05) is 0 Å². The van der Waals surface area contributed by atoms with Gasteiger partial charge in [0.15, 0.2) is 5.82 Å². The number of benzene rings is 2. The number of halogens is 1. The summed E-state index contributed by atoms with van der Waals surface area (Å²) in [6.45, 7) is 0. The number of hydrogen-bond donors (Lipinski definition) is 1. The van der Waals surface area contributed by atoms with Crippen LogP contribution in [0.5, 0.6) is 5.75 Å². The number of methoxy groups -OCH3 is 1.